The fourth-order valence-corrected chi connectivity index (χ4v) is 4.99. The van der Waals surface area contributed by atoms with Gasteiger partial charge in [-0.05, 0) is 48.9 Å². The van der Waals surface area contributed by atoms with Crippen LogP contribution in [0.5, 0.6) is 11.5 Å². The second-order valence-electron chi connectivity index (χ2n) is 7.75. The minimum absolute atomic E-state index is 0.213. The van der Waals surface area contributed by atoms with Crippen LogP contribution in [0.3, 0.4) is 0 Å². The van der Waals surface area contributed by atoms with Crippen LogP contribution in [-0.2, 0) is 12.1 Å². The number of hydrogen-bond donors (Lipinski definition) is 2. The Morgan fingerprint density at radius 3 is 2.81 bits per heavy atom. The van der Waals surface area contributed by atoms with Crippen LogP contribution in [0.2, 0.25) is 0 Å². The van der Waals surface area contributed by atoms with Gasteiger partial charge < -0.3 is 14.9 Å². The number of hydrogen-bond acceptors (Lipinski definition) is 4. The van der Waals surface area contributed by atoms with Crippen LogP contribution < -0.4 is 4.74 Å². The summed E-state index contributed by atoms with van der Waals surface area (Å²) in [5, 5.41) is 21.4. The van der Waals surface area contributed by atoms with Gasteiger partial charge in [0.2, 0.25) is 0 Å². The molecule has 0 unspecified atom stereocenters. The van der Waals surface area contributed by atoms with Crippen molar-refractivity contribution in [2.24, 2.45) is 11.8 Å². The van der Waals surface area contributed by atoms with E-state index in [1.54, 1.807) is 13.2 Å². The molecule has 0 amide bonds. The zero-order valence-electron chi connectivity index (χ0n) is 15.3. The molecule has 2 N–H and O–H groups in total. The Morgan fingerprint density at radius 2 is 2.00 bits per heavy atom. The maximum Gasteiger partial charge on any atom is 0.124 e. The van der Waals surface area contributed by atoms with Crippen LogP contribution in [0.15, 0.2) is 48.5 Å². The van der Waals surface area contributed by atoms with E-state index in [2.05, 4.69) is 4.90 Å². The number of aromatic hydroxyl groups is 1. The highest BCUT2D eigenvalue weighted by molar-refractivity contribution is 5.39. The first-order valence-electron chi connectivity index (χ1n) is 9.46. The molecule has 0 bridgehead atoms. The van der Waals surface area contributed by atoms with E-state index in [1.807, 2.05) is 42.5 Å². The molecule has 26 heavy (non-hydrogen) atoms. The Labute approximate surface area is 155 Å². The van der Waals surface area contributed by atoms with Crippen LogP contribution in [0.25, 0.3) is 0 Å². The van der Waals surface area contributed by atoms with E-state index in [9.17, 15) is 10.2 Å². The molecular weight excluding hydrogens is 326 g/mol. The van der Waals surface area contributed by atoms with Crippen molar-refractivity contribution in [3.63, 3.8) is 0 Å². The maximum atomic E-state index is 11.7. The lowest BCUT2D eigenvalue weighted by Gasteiger charge is -2.42. The van der Waals surface area contributed by atoms with Crippen molar-refractivity contribution in [1.82, 2.24) is 4.90 Å². The van der Waals surface area contributed by atoms with Gasteiger partial charge in [-0.1, -0.05) is 30.3 Å². The molecule has 1 saturated carbocycles. The lowest BCUT2D eigenvalue weighted by atomic mass is 9.67. The van der Waals surface area contributed by atoms with Gasteiger partial charge in [-0.25, -0.2) is 0 Å². The molecule has 2 aromatic rings. The van der Waals surface area contributed by atoms with E-state index in [-0.39, 0.29) is 5.92 Å². The molecule has 2 fully saturated rings. The molecule has 0 radical (unpaired) electrons. The van der Waals surface area contributed by atoms with Gasteiger partial charge in [-0.15, -0.1) is 0 Å². The number of phenols is 1. The largest absolute Gasteiger partial charge is 0.508 e. The fraction of sp³-hybridized carbons (Fsp3) is 0.455. The molecule has 4 rings (SSSR count). The molecule has 1 heterocycles. The van der Waals surface area contributed by atoms with Crippen LogP contribution in [0.1, 0.15) is 30.4 Å². The first-order chi connectivity index (χ1) is 12.6. The van der Waals surface area contributed by atoms with Gasteiger partial charge in [-0.3, -0.25) is 4.90 Å². The van der Waals surface area contributed by atoms with Crippen molar-refractivity contribution in [2.75, 3.05) is 20.2 Å². The van der Waals surface area contributed by atoms with Gasteiger partial charge in [0.25, 0.3) is 0 Å². The molecule has 0 spiro atoms. The van der Waals surface area contributed by atoms with E-state index in [4.69, 9.17) is 4.74 Å². The monoisotopic (exact) mass is 353 g/mol. The molecule has 1 saturated heterocycles. The second-order valence-corrected chi connectivity index (χ2v) is 7.75. The van der Waals surface area contributed by atoms with Crippen molar-refractivity contribution in [3.05, 3.63) is 59.7 Å². The van der Waals surface area contributed by atoms with E-state index >= 15 is 0 Å². The van der Waals surface area contributed by atoms with E-state index in [0.29, 0.717) is 11.7 Å². The number of methoxy groups -OCH3 is 1. The lowest BCUT2D eigenvalue weighted by molar-refractivity contribution is -0.0662. The van der Waals surface area contributed by atoms with Crippen molar-refractivity contribution < 1.29 is 14.9 Å². The molecule has 4 nitrogen and oxygen atoms in total. The maximum absolute atomic E-state index is 11.7. The summed E-state index contributed by atoms with van der Waals surface area (Å²) < 4.78 is 5.55. The van der Waals surface area contributed by atoms with Gasteiger partial charge in [0.1, 0.15) is 11.5 Å². The van der Waals surface area contributed by atoms with Crippen molar-refractivity contribution in [3.8, 4) is 11.5 Å². The highest BCUT2D eigenvalue weighted by Gasteiger charge is 2.50. The Bertz CT molecular complexity index is 777. The molecule has 1 aliphatic heterocycles. The van der Waals surface area contributed by atoms with Crippen LogP contribution >= 0.6 is 0 Å². The van der Waals surface area contributed by atoms with Crippen LogP contribution in [0.4, 0.5) is 0 Å². The standard InChI is InChI=1S/C22H27NO3/c1-26-21-10-3-2-9-19(21)22(25)11-5-7-17-14-23(15-20(17)22)13-16-6-4-8-18(24)12-16/h2-4,6,8-10,12,17,20,24-25H,5,7,11,13-15H2,1H3/t17-,20-,22-/m1/s1. The zero-order valence-corrected chi connectivity index (χ0v) is 15.3. The Kier molecular flexibility index (Phi) is 4.63. The molecule has 138 valence electrons. The molecule has 2 aromatic carbocycles. The molecule has 3 atom stereocenters. The molecule has 0 aromatic heterocycles. The van der Waals surface area contributed by atoms with Crippen molar-refractivity contribution >= 4 is 0 Å². The number of likely N-dealkylation sites (tertiary alicyclic amines) is 1. The summed E-state index contributed by atoms with van der Waals surface area (Å²) in [6, 6.07) is 15.4. The first kappa shape index (κ1) is 17.4. The topological polar surface area (TPSA) is 52.9 Å². The fourth-order valence-electron chi connectivity index (χ4n) is 4.99. The zero-order chi connectivity index (χ0) is 18.1. The van der Waals surface area contributed by atoms with Gasteiger partial charge in [-0.2, -0.15) is 0 Å². The Balaban J connectivity index is 1.58. The number of rotatable bonds is 4. The minimum atomic E-state index is -0.830. The summed E-state index contributed by atoms with van der Waals surface area (Å²) in [5.74, 6) is 1.80. The Morgan fingerprint density at radius 1 is 1.15 bits per heavy atom. The van der Waals surface area contributed by atoms with E-state index in [0.717, 1.165) is 49.4 Å². The average molecular weight is 353 g/mol. The number of ether oxygens (including phenoxy) is 1. The highest BCUT2D eigenvalue weighted by Crippen LogP contribution is 2.50. The SMILES string of the molecule is COc1ccccc1[C@]1(O)CCC[C@@H]2CN(Cc3cccc(O)c3)C[C@H]21. The predicted molar refractivity (Wildman–Crippen MR) is 101 cm³/mol. The summed E-state index contributed by atoms with van der Waals surface area (Å²) in [6.45, 7) is 2.68. The van der Waals surface area contributed by atoms with Gasteiger partial charge in [0.15, 0.2) is 0 Å². The quantitative estimate of drug-likeness (QED) is 0.883. The second kappa shape index (κ2) is 6.93. The third-order valence-electron chi connectivity index (χ3n) is 6.15. The van der Waals surface area contributed by atoms with Gasteiger partial charge in [0, 0.05) is 31.1 Å². The number of benzene rings is 2. The third-order valence-corrected chi connectivity index (χ3v) is 6.15. The third kappa shape index (κ3) is 3.08. The smallest absolute Gasteiger partial charge is 0.124 e. The molecule has 4 heteroatoms. The summed E-state index contributed by atoms with van der Waals surface area (Å²) in [4.78, 5) is 2.41. The summed E-state index contributed by atoms with van der Waals surface area (Å²) in [7, 11) is 1.67. The lowest BCUT2D eigenvalue weighted by Crippen LogP contribution is -2.43. The average Bonchev–Trinajstić information content (AvgIpc) is 3.06. The summed E-state index contributed by atoms with van der Waals surface area (Å²) in [6.07, 6.45) is 2.99. The Hall–Kier alpha value is -2.04. The highest BCUT2D eigenvalue weighted by atomic mass is 16.5. The van der Waals surface area contributed by atoms with Gasteiger partial charge >= 0.3 is 0 Å². The number of fused-ring (bicyclic) bond motifs is 1. The first-order valence-corrected chi connectivity index (χ1v) is 9.46. The molecule has 1 aliphatic carbocycles. The number of nitrogens with zero attached hydrogens (tertiary/aromatic N) is 1. The number of phenolic OH excluding ortho intramolecular Hbond substituents is 1. The van der Waals surface area contributed by atoms with Crippen LogP contribution in [0, 0.1) is 11.8 Å². The van der Waals surface area contributed by atoms with Crippen molar-refractivity contribution in [2.45, 2.75) is 31.4 Å². The number of para-hydroxylation sites is 1. The van der Waals surface area contributed by atoms with Crippen molar-refractivity contribution in [1.29, 1.82) is 0 Å². The molecular formula is C22H27NO3. The number of aliphatic hydroxyl groups is 1. The van der Waals surface area contributed by atoms with Gasteiger partial charge in [0.05, 0.1) is 12.7 Å². The normalized spacial score (nSPS) is 28.7. The summed E-state index contributed by atoms with van der Waals surface area (Å²) in [5.41, 5.74) is 1.21. The predicted octanol–water partition coefficient (Wildman–Crippen LogP) is 3.52. The van der Waals surface area contributed by atoms with E-state index in [1.165, 1.54) is 6.42 Å². The minimum Gasteiger partial charge on any atom is -0.508 e. The molecule has 2 aliphatic rings. The summed E-state index contributed by atoms with van der Waals surface area (Å²) >= 11 is 0. The van der Waals surface area contributed by atoms with Crippen LogP contribution in [-0.4, -0.2) is 35.3 Å². The van der Waals surface area contributed by atoms with E-state index < -0.39 is 5.60 Å².